The molecule has 0 aliphatic heterocycles. The highest BCUT2D eigenvalue weighted by Gasteiger charge is 2.17. The summed E-state index contributed by atoms with van der Waals surface area (Å²) in [5.41, 5.74) is 4.35. The van der Waals surface area contributed by atoms with Gasteiger partial charge in [-0.1, -0.05) is 60.0 Å². The van der Waals surface area contributed by atoms with Crippen LogP contribution in [-0.2, 0) is 22.9 Å². The van der Waals surface area contributed by atoms with Crippen LogP contribution in [0.3, 0.4) is 0 Å². The number of hydrogen-bond donors (Lipinski definition) is 2. The number of urea groups is 1. The maximum Gasteiger partial charge on any atom is 0.328 e. The van der Waals surface area contributed by atoms with Crippen molar-refractivity contribution in [3.63, 3.8) is 0 Å². The first-order valence-corrected chi connectivity index (χ1v) is 13.2. The molecule has 2 N–H and O–H groups in total. The number of nitrogens with zero attached hydrogens (tertiary/aromatic N) is 2. The second-order valence-corrected chi connectivity index (χ2v) is 10.6. The molecule has 4 aromatic rings. The molecule has 3 aromatic carbocycles. The summed E-state index contributed by atoms with van der Waals surface area (Å²) in [6.45, 7) is 4.15. The number of aryl methyl sites for hydroxylation is 2. The van der Waals surface area contributed by atoms with E-state index in [0.29, 0.717) is 16.5 Å². The summed E-state index contributed by atoms with van der Waals surface area (Å²) >= 11 is 12.6. The fourth-order valence-electron chi connectivity index (χ4n) is 3.76. The van der Waals surface area contributed by atoms with E-state index < -0.39 is 16.1 Å². The van der Waals surface area contributed by atoms with Crippen LogP contribution in [-0.4, -0.2) is 30.5 Å². The minimum absolute atomic E-state index is 0.0367. The highest BCUT2D eigenvalue weighted by atomic mass is 35.5. The lowest BCUT2D eigenvalue weighted by molar-refractivity contribution is 0.246. The summed E-state index contributed by atoms with van der Waals surface area (Å²) in [6.07, 6.45) is 1.24. The molecule has 1 heterocycles. The predicted molar refractivity (Wildman–Crippen MR) is 139 cm³/mol. The number of benzene rings is 3. The molecule has 2 amide bonds. The molecule has 0 saturated carbocycles. The van der Waals surface area contributed by atoms with Crippen molar-refractivity contribution in [2.45, 2.75) is 31.6 Å². The van der Waals surface area contributed by atoms with Crippen molar-refractivity contribution in [2.24, 2.45) is 0 Å². The van der Waals surface area contributed by atoms with E-state index in [2.05, 4.69) is 10.3 Å². The third-order valence-corrected chi connectivity index (χ3v) is 7.36. The van der Waals surface area contributed by atoms with E-state index in [0.717, 1.165) is 40.1 Å². The second-order valence-electron chi connectivity index (χ2n) is 8.06. The highest BCUT2D eigenvalue weighted by Crippen LogP contribution is 2.31. The smallest absolute Gasteiger partial charge is 0.328 e. The quantitative estimate of drug-likeness (QED) is 0.333. The number of rotatable bonds is 7. The van der Waals surface area contributed by atoms with Crippen molar-refractivity contribution in [1.82, 2.24) is 19.6 Å². The van der Waals surface area contributed by atoms with Crippen LogP contribution >= 0.6 is 23.2 Å². The number of carbonyl (C=O) groups excluding carboxylic acids is 1. The molecule has 4 rings (SSSR count). The Morgan fingerprint density at radius 3 is 2.37 bits per heavy atom. The van der Waals surface area contributed by atoms with Crippen LogP contribution in [0.25, 0.3) is 16.7 Å². The van der Waals surface area contributed by atoms with Gasteiger partial charge in [0, 0.05) is 23.7 Å². The van der Waals surface area contributed by atoms with Crippen molar-refractivity contribution in [3.05, 3.63) is 87.7 Å². The van der Waals surface area contributed by atoms with Gasteiger partial charge in [-0.15, -0.1) is 0 Å². The number of fused-ring (bicyclic) bond motifs is 1. The average molecular weight is 531 g/mol. The van der Waals surface area contributed by atoms with Crippen LogP contribution in [0.5, 0.6) is 0 Å². The largest absolute Gasteiger partial charge is 0.337 e. The average Bonchev–Trinajstić information content (AvgIpc) is 3.18. The topological polar surface area (TPSA) is 93.1 Å². The van der Waals surface area contributed by atoms with Gasteiger partial charge in [-0.05, 0) is 55.3 Å². The van der Waals surface area contributed by atoms with Gasteiger partial charge in [0.1, 0.15) is 5.82 Å². The van der Waals surface area contributed by atoms with Gasteiger partial charge in [0.15, 0.2) is 0 Å². The lowest BCUT2D eigenvalue weighted by Crippen LogP contribution is -2.40. The van der Waals surface area contributed by atoms with Crippen LogP contribution in [0.4, 0.5) is 4.79 Å². The van der Waals surface area contributed by atoms with Crippen molar-refractivity contribution < 1.29 is 13.2 Å². The molecular formula is C25H24Cl2N4O3S. The molecule has 0 atom stereocenters. The molecule has 7 nitrogen and oxygen atoms in total. The number of imidazole rings is 1. The summed E-state index contributed by atoms with van der Waals surface area (Å²) in [5.74, 6) is 0.866. The van der Waals surface area contributed by atoms with Gasteiger partial charge in [0.2, 0.25) is 0 Å². The Kier molecular flexibility index (Phi) is 7.35. The number of carbonyl (C=O) groups is 1. The maximum atomic E-state index is 12.3. The van der Waals surface area contributed by atoms with E-state index >= 15 is 0 Å². The third-order valence-electron chi connectivity index (χ3n) is 5.51. The van der Waals surface area contributed by atoms with E-state index in [1.165, 1.54) is 12.1 Å². The summed E-state index contributed by atoms with van der Waals surface area (Å²) in [7, 11) is -3.92. The zero-order chi connectivity index (χ0) is 25.2. The van der Waals surface area contributed by atoms with Crippen LogP contribution in [0, 0.1) is 6.92 Å². The standard InChI is InChI=1S/C25H24Cl2N4O3S/c1-3-23-29-22-15-18(26)14-21(27)24(22)31(23)19-8-6-17(7-9-19)12-13-28-25(32)30-35(33,34)20-10-4-16(2)5-11-20/h4-11,14-15H,3,12-13H2,1-2H3,(H2,28,30,32). The lowest BCUT2D eigenvalue weighted by Gasteiger charge is -2.11. The number of halogens is 2. The molecule has 35 heavy (non-hydrogen) atoms. The molecule has 0 unspecified atom stereocenters. The van der Waals surface area contributed by atoms with Crippen molar-refractivity contribution >= 4 is 50.3 Å². The Hall–Kier alpha value is -3.07. The van der Waals surface area contributed by atoms with E-state index in [1.54, 1.807) is 24.3 Å². The molecule has 0 bridgehead atoms. The summed E-state index contributed by atoms with van der Waals surface area (Å²) in [4.78, 5) is 16.8. The van der Waals surface area contributed by atoms with Crippen LogP contribution in [0.2, 0.25) is 10.0 Å². The van der Waals surface area contributed by atoms with Gasteiger partial charge in [-0.3, -0.25) is 4.57 Å². The molecule has 0 fully saturated rings. The summed E-state index contributed by atoms with van der Waals surface area (Å²) < 4.78 is 28.7. The first kappa shape index (κ1) is 25.0. The van der Waals surface area contributed by atoms with Crippen molar-refractivity contribution in [1.29, 1.82) is 0 Å². The first-order valence-electron chi connectivity index (χ1n) is 11.0. The molecule has 1 aromatic heterocycles. The minimum atomic E-state index is -3.92. The SMILES string of the molecule is CCc1nc2cc(Cl)cc(Cl)c2n1-c1ccc(CCNC(=O)NS(=O)(=O)c2ccc(C)cc2)cc1. The molecule has 182 valence electrons. The van der Waals surface area contributed by atoms with Crippen LogP contribution in [0.15, 0.2) is 65.6 Å². The van der Waals surface area contributed by atoms with Gasteiger partial charge in [0.25, 0.3) is 10.0 Å². The molecule has 0 radical (unpaired) electrons. The van der Waals surface area contributed by atoms with Gasteiger partial charge < -0.3 is 5.32 Å². The van der Waals surface area contributed by atoms with Crippen LogP contribution < -0.4 is 10.0 Å². The highest BCUT2D eigenvalue weighted by molar-refractivity contribution is 7.90. The number of sulfonamides is 1. The molecule has 0 spiro atoms. The Bertz CT molecular complexity index is 1480. The van der Waals surface area contributed by atoms with Crippen LogP contribution in [0.1, 0.15) is 23.9 Å². The zero-order valence-electron chi connectivity index (χ0n) is 19.2. The van der Waals surface area contributed by atoms with Gasteiger partial charge >= 0.3 is 6.03 Å². The molecular weight excluding hydrogens is 507 g/mol. The fraction of sp³-hybridized carbons (Fsp3) is 0.200. The van der Waals surface area contributed by atoms with E-state index in [1.807, 2.05) is 47.4 Å². The third kappa shape index (κ3) is 5.61. The minimum Gasteiger partial charge on any atom is -0.337 e. The fourth-order valence-corrected chi connectivity index (χ4v) is 5.25. The number of hydrogen-bond acceptors (Lipinski definition) is 4. The molecule has 0 aliphatic rings. The number of aromatic nitrogens is 2. The zero-order valence-corrected chi connectivity index (χ0v) is 21.5. The van der Waals surface area contributed by atoms with Gasteiger partial charge in [-0.25, -0.2) is 22.9 Å². The molecule has 0 saturated heterocycles. The number of amides is 2. The van der Waals surface area contributed by atoms with Gasteiger partial charge in [-0.2, -0.15) is 0 Å². The Labute approximate surface area is 214 Å². The van der Waals surface area contributed by atoms with E-state index in [-0.39, 0.29) is 11.4 Å². The monoisotopic (exact) mass is 530 g/mol. The van der Waals surface area contributed by atoms with E-state index in [9.17, 15) is 13.2 Å². The van der Waals surface area contributed by atoms with E-state index in [4.69, 9.17) is 23.2 Å². The number of nitrogens with one attached hydrogen (secondary N) is 2. The van der Waals surface area contributed by atoms with Gasteiger partial charge in [0.05, 0.1) is 21.0 Å². The first-order chi connectivity index (χ1) is 16.7. The summed E-state index contributed by atoms with van der Waals surface area (Å²) in [6, 6.07) is 16.8. The Morgan fingerprint density at radius 2 is 1.71 bits per heavy atom. The Balaban J connectivity index is 1.41. The van der Waals surface area contributed by atoms with Crippen molar-refractivity contribution in [3.8, 4) is 5.69 Å². The molecule has 0 aliphatic carbocycles. The Morgan fingerprint density at radius 1 is 1.03 bits per heavy atom. The second kappa shape index (κ2) is 10.3. The molecule has 10 heteroatoms. The van der Waals surface area contributed by atoms with Crippen molar-refractivity contribution in [2.75, 3.05) is 6.54 Å². The predicted octanol–water partition coefficient (Wildman–Crippen LogP) is 5.43. The summed E-state index contributed by atoms with van der Waals surface area (Å²) in [5, 5.41) is 3.65. The normalized spacial score (nSPS) is 11.5. The lowest BCUT2D eigenvalue weighted by atomic mass is 10.1. The maximum absolute atomic E-state index is 12.3.